The molecule has 8 nitrogen and oxygen atoms in total. The van der Waals surface area contributed by atoms with Gasteiger partial charge in [0, 0.05) is 26.2 Å². The molecule has 0 radical (unpaired) electrons. The molecule has 2 N–H and O–H groups in total. The third kappa shape index (κ3) is 6.18. The Morgan fingerprint density at radius 1 is 1.09 bits per heavy atom. The first-order chi connectivity index (χ1) is 15.4. The van der Waals surface area contributed by atoms with Gasteiger partial charge in [0.1, 0.15) is 5.75 Å². The van der Waals surface area contributed by atoms with Gasteiger partial charge in [0.25, 0.3) is 5.91 Å². The number of rotatable bonds is 6. The number of methoxy groups -OCH3 is 1. The van der Waals surface area contributed by atoms with Crippen LogP contribution in [0.1, 0.15) is 15.9 Å². The molecule has 1 saturated heterocycles. The van der Waals surface area contributed by atoms with Gasteiger partial charge in [-0.3, -0.25) is 10.1 Å². The molecule has 2 aromatic rings. The molecule has 2 aromatic carbocycles. The Kier molecular flexibility index (Phi) is 8.02. The summed E-state index contributed by atoms with van der Waals surface area (Å²) < 4.78 is 10.4. The number of aryl methyl sites for hydroxylation is 1. The molecule has 0 unspecified atom stereocenters. The zero-order valence-corrected chi connectivity index (χ0v) is 19.3. The third-order valence-corrected chi connectivity index (χ3v) is 5.42. The Bertz CT molecular complexity index is 990. The number of thiocarbonyl (C=S) groups is 1. The van der Waals surface area contributed by atoms with E-state index in [4.69, 9.17) is 21.7 Å². The fourth-order valence-electron chi connectivity index (χ4n) is 3.38. The first kappa shape index (κ1) is 23.5. The smallest absolute Gasteiger partial charge is 0.337 e. The molecular weight excluding hydrogens is 428 g/mol. The maximum atomic E-state index is 12.3. The molecule has 0 spiro atoms. The molecule has 0 atom stereocenters. The molecule has 170 valence electrons. The van der Waals surface area contributed by atoms with Crippen molar-refractivity contribution in [1.82, 2.24) is 10.2 Å². The number of likely N-dealkylation sites (N-methyl/N-ethyl adjacent to an activating group) is 1. The lowest BCUT2D eigenvalue weighted by Crippen LogP contribution is -2.45. The number of carbonyl (C=O) groups excluding carboxylic acids is 2. The lowest BCUT2D eigenvalue weighted by molar-refractivity contribution is -0.121. The minimum atomic E-state index is -0.445. The molecule has 1 aliphatic rings. The molecule has 0 aromatic heterocycles. The van der Waals surface area contributed by atoms with Crippen molar-refractivity contribution >= 4 is 40.6 Å². The predicted octanol–water partition coefficient (Wildman–Crippen LogP) is 2.43. The quantitative estimate of drug-likeness (QED) is 0.507. The first-order valence-corrected chi connectivity index (χ1v) is 10.7. The van der Waals surface area contributed by atoms with Crippen LogP contribution in [-0.2, 0) is 9.53 Å². The lowest BCUT2D eigenvalue weighted by atomic mass is 10.1. The van der Waals surface area contributed by atoms with E-state index in [9.17, 15) is 9.59 Å². The number of piperazine rings is 1. The zero-order valence-electron chi connectivity index (χ0n) is 18.5. The van der Waals surface area contributed by atoms with E-state index in [2.05, 4.69) is 27.5 Å². The van der Waals surface area contributed by atoms with Gasteiger partial charge in [-0.2, -0.15) is 0 Å². The van der Waals surface area contributed by atoms with Crippen molar-refractivity contribution in [3.8, 4) is 5.75 Å². The van der Waals surface area contributed by atoms with E-state index >= 15 is 0 Å². The van der Waals surface area contributed by atoms with Crippen LogP contribution in [0.4, 0.5) is 11.4 Å². The highest BCUT2D eigenvalue weighted by atomic mass is 32.1. The lowest BCUT2D eigenvalue weighted by Gasteiger charge is -2.35. The van der Waals surface area contributed by atoms with E-state index in [-0.39, 0.29) is 17.6 Å². The molecule has 1 heterocycles. The van der Waals surface area contributed by atoms with Gasteiger partial charge in [-0.15, -0.1) is 0 Å². The van der Waals surface area contributed by atoms with E-state index in [1.165, 1.54) is 7.11 Å². The van der Waals surface area contributed by atoms with Crippen LogP contribution in [0, 0.1) is 6.92 Å². The van der Waals surface area contributed by atoms with Crippen molar-refractivity contribution in [2.24, 2.45) is 0 Å². The summed E-state index contributed by atoms with van der Waals surface area (Å²) in [4.78, 5) is 28.8. The number of hydrogen-bond donors (Lipinski definition) is 2. The van der Waals surface area contributed by atoms with Crippen LogP contribution in [-0.4, -0.2) is 68.8 Å². The minimum Gasteiger partial charge on any atom is -0.483 e. The van der Waals surface area contributed by atoms with E-state index < -0.39 is 5.97 Å². The fourth-order valence-corrected chi connectivity index (χ4v) is 3.61. The fraction of sp³-hybridized carbons (Fsp3) is 0.348. The maximum absolute atomic E-state index is 12.3. The number of carbonyl (C=O) groups is 2. The summed E-state index contributed by atoms with van der Waals surface area (Å²) >= 11 is 5.34. The Hall–Kier alpha value is -3.17. The minimum absolute atomic E-state index is 0.126. The van der Waals surface area contributed by atoms with Crippen LogP contribution in [0.3, 0.4) is 0 Å². The Labute approximate surface area is 193 Å². The highest BCUT2D eigenvalue weighted by molar-refractivity contribution is 7.80. The summed E-state index contributed by atoms with van der Waals surface area (Å²) in [6, 6.07) is 12.7. The number of ether oxygens (including phenoxy) is 2. The molecule has 32 heavy (non-hydrogen) atoms. The van der Waals surface area contributed by atoms with Crippen molar-refractivity contribution in [3.05, 3.63) is 53.6 Å². The third-order valence-electron chi connectivity index (χ3n) is 5.22. The van der Waals surface area contributed by atoms with E-state index in [1.54, 1.807) is 18.2 Å². The van der Waals surface area contributed by atoms with Crippen molar-refractivity contribution in [3.63, 3.8) is 0 Å². The Morgan fingerprint density at radius 3 is 2.50 bits per heavy atom. The predicted molar refractivity (Wildman–Crippen MR) is 129 cm³/mol. The summed E-state index contributed by atoms with van der Waals surface area (Å²) in [5, 5.41) is 5.82. The number of nitrogens with one attached hydrogen (secondary N) is 2. The van der Waals surface area contributed by atoms with Crippen molar-refractivity contribution in [2.75, 3.05) is 57.2 Å². The maximum Gasteiger partial charge on any atom is 0.337 e. The molecule has 1 aliphatic heterocycles. The molecule has 1 fully saturated rings. The van der Waals surface area contributed by atoms with Gasteiger partial charge < -0.3 is 24.6 Å². The van der Waals surface area contributed by atoms with Crippen LogP contribution >= 0.6 is 12.2 Å². The molecule has 0 bridgehead atoms. The Morgan fingerprint density at radius 2 is 1.81 bits per heavy atom. The van der Waals surface area contributed by atoms with Gasteiger partial charge >= 0.3 is 5.97 Å². The number of hydrogen-bond acceptors (Lipinski definition) is 7. The van der Waals surface area contributed by atoms with Gasteiger partial charge in [-0.25, -0.2) is 4.79 Å². The van der Waals surface area contributed by atoms with Gasteiger partial charge in [0.05, 0.1) is 24.0 Å². The normalized spacial score (nSPS) is 13.9. The van der Waals surface area contributed by atoms with Crippen LogP contribution in [0.15, 0.2) is 42.5 Å². The molecule has 0 aliphatic carbocycles. The van der Waals surface area contributed by atoms with Gasteiger partial charge in [-0.1, -0.05) is 18.2 Å². The number of anilines is 2. The number of benzene rings is 2. The van der Waals surface area contributed by atoms with Crippen molar-refractivity contribution < 1.29 is 19.1 Å². The molecular formula is C23H28N4O4S. The van der Waals surface area contributed by atoms with E-state index in [0.717, 1.165) is 37.4 Å². The average molecular weight is 457 g/mol. The highest BCUT2D eigenvalue weighted by Crippen LogP contribution is 2.28. The second-order valence-corrected chi connectivity index (χ2v) is 7.98. The average Bonchev–Trinajstić information content (AvgIpc) is 2.78. The van der Waals surface area contributed by atoms with E-state index in [1.807, 2.05) is 31.2 Å². The topological polar surface area (TPSA) is 83.1 Å². The number of nitrogens with zero attached hydrogens (tertiary/aromatic N) is 2. The van der Waals surface area contributed by atoms with Crippen molar-refractivity contribution in [2.45, 2.75) is 6.92 Å². The monoisotopic (exact) mass is 456 g/mol. The summed E-state index contributed by atoms with van der Waals surface area (Å²) in [5.74, 6) is -0.180. The van der Waals surface area contributed by atoms with Crippen molar-refractivity contribution in [1.29, 1.82) is 0 Å². The second kappa shape index (κ2) is 10.9. The summed E-state index contributed by atoms with van der Waals surface area (Å²) in [6.07, 6.45) is 0. The van der Waals surface area contributed by atoms with Crippen LogP contribution in [0.25, 0.3) is 0 Å². The first-order valence-electron chi connectivity index (χ1n) is 10.3. The highest BCUT2D eigenvalue weighted by Gasteiger charge is 2.20. The number of amides is 1. The van der Waals surface area contributed by atoms with Gasteiger partial charge in [-0.05, 0) is 56.0 Å². The van der Waals surface area contributed by atoms with Crippen LogP contribution in [0.2, 0.25) is 0 Å². The number of para-hydroxylation sites is 1. The number of esters is 1. The van der Waals surface area contributed by atoms with Gasteiger partial charge in [0.15, 0.2) is 11.7 Å². The van der Waals surface area contributed by atoms with E-state index in [0.29, 0.717) is 17.0 Å². The molecule has 1 amide bonds. The second-order valence-electron chi connectivity index (χ2n) is 7.57. The SMILES string of the molecule is COC(=O)c1ccc(N2CCN(C)CC2)c(NC(=S)NC(=O)COc2ccccc2C)c1. The standard InChI is InChI=1S/C23H28N4O4S/c1-16-6-4-5-7-20(16)31-15-21(28)25-23(32)24-18-14-17(22(29)30-3)8-9-19(18)27-12-10-26(2)11-13-27/h4-9,14H,10-13,15H2,1-3H3,(H2,24,25,28,32). The van der Waals surface area contributed by atoms with Crippen LogP contribution in [0.5, 0.6) is 5.75 Å². The largest absolute Gasteiger partial charge is 0.483 e. The van der Waals surface area contributed by atoms with Crippen LogP contribution < -0.4 is 20.3 Å². The molecule has 0 saturated carbocycles. The summed E-state index contributed by atoms with van der Waals surface area (Å²) in [5.41, 5.74) is 2.86. The van der Waals surface area contributed by atoms with Gasteiger partial charge in [0.2, 0.25) is 0 Å². The molecule has 3 rings (SSSR count). The summed E-state index contributed by atoms with van der Waals surface area (Å²) in [6.45, 7) is 5.28. The zero-order chi connectivity index (χ0) is 23.1. The summed E-state index contributed by atoms with van der Waals surface area (Å²) in [7, 11) is 3.42. The Balaban J connectivity index is 1.68. The molecule has 9 heteroatoms.